The summed E-state index contributed by atoms with van der Waals surface area (Å²) < 4.78 is 0. The van der Waals surface area contributed by atoms with E-state index in [1.54, 1.807) is 0 Å². The van der Waals surface area contributed by atoms with Crippen molar-refractivity contribution in [2.24, 2.45) is 17.6 Å². The molecule has 3 atom stereocenters. The van der Waals surface area contributed by atoms with E-state index in [4.69, 9.17) is 5.73 Å². The Labute approximate surface area is 114 Å². The van der Waals surface area contributed by atoms with Gasteiger partial charge in [0.2, 0.25) is 0 Å². The van der Waals surface area contributed by atoms with E-state index in [0.29, 0.717) is 12.1 Å². The van der Waals surface area contributed by atoms with Crippen LogP contribution in [0.4, 0.5) is 0 Å². The summed E-state index contributed by atoms with van der Waals surface area (Å²) in [5, 5.41) is 0. The van der Waals surface area contributed by atoms with Crippen LogP contribution in [0.5, 0.6) is 0 Å². The maximum absolute atomic E-state index is 6.39. The Morgan fingerprint density at radius 3 is 2.28 bits per heavy atom. The smallest absolute Gasteiger partial charge is 0.0249 e. The van der Waals surface area contributed by atoms with Gasteiger partial charge in [-0.15, -0.1) is 0 Å². The molecule has 0 aromatic heterocycles. The molecule has 18 heavy (non-hydrogen) atoms. The SMILES string of the molecule is CCC1CCC(N)C(N(CC)CC(CC)CC)C1. The van der Waals surface area contributed by atoms with E-state index < -0.39 is 0 Å². The topological polar surface area (TPSA) is 29.3 Å². The highest BCUT2D eigenvalue weighted by molar-refractivity contribution is 4.89. The van der Waals surface area contributed by atoms with Gasteiger partial charge in [-0.05, 0) is 37.6 Å². The fourth-order valence-corrected chi connectivity index (χ4v) is 3.42. The molecule has 0 heterocycles. The van der Waals surface area contributed by atoms with Crippen LogP contribution < -0.4 is 5.73 Å². The second kappa shape index (κ2) is 8.16. The Bertz CT molecular complexity index is 213. The lowest BCUT2D eigenvalue weighted by Crippen LogP contribution is -2.52. The molecule has 0 amide bonds. The summed E-state index contributed by atoms with van der Waals surface area (Å²) in [4.78, 5) is 2.67. The fraction of sp³-hybridized carbons (Fsp3) is 1.00. The molecule has 3 unspecified atom stereocenters. The number of nitrogens with two attached hydrogens (primary N) is 1. The van der Waals surface area contributed by atoms with E-state index in [0.717, 1.165) is 18.4 Å². The average molecular weight is 254 g/mol. The molecule has 1 fully saturated rings. The van der Waals surface area contributed by atoms with Gasteiger partial charge in [-0.2, -0.15) is 0 Å². The molecule has 0 aromatic carbocycles. The molecule has 0 spiro atoms. The van der Waals surface area contributed by atoms with Crippen molar-refractivity contribution < 1.29 is 0 Å². The molecule has 0 bridgehead atoms. The van der Waals surface area contributed by atoms with Crippen molar-refractivity contribution in [3.8, 4) is 0 Å². The van der Waals surface area contributed by atoms with Crippen molar-refractivity contribution in [3.05, 3.63) is 0 Å². The van der Waals surface area contributed by atoms with Crippen LogP contribution in [0.25, 0.3) is 0 Å². The third kappa shape index (κ3) is 4.24. The Kier molecular flexibility index (Phi) is 7.25. The number of hydrogen-bond donors (Lipinski definition) is 1. The summed E-state index contributed by atoms with van der Waals surface area (Å²) >= 11 is 0. The van der Waals surface area contributed by atoms with E-state index >= 15 is 0 Å². The van der Waals surface area contributed by atoms with Gasteiger partial charge in [0, 0.05) is 18.6 Å². The van der Waals surface area contributed by atoms with Crippen molar-refractivity contribution in [2.45, 2.75) is 78.3 Å². The Balaban J connectivity index is 2.60. The third-order valence-electron chi connectivity index (χ3n) is 5.08. The zero-order valence-corrected chi connectivity index (χ0v) is 13.0. The minimum atomic E-state index is 0.405. The molecule has 0 aromatic rings. The first-order valence-electron chi connectivity index (χ1n) is 8.15. The van der Waals surface area contributed by atoms with Gasteiger partial charge in [-0.1, -0.05) is 47.0 Å². The highest BCUT2D eigenvalue weighted by atomic mass is 15.2. The summed E-state index contributed by atoms with van der Waals surface area (Å²) in [5.41, 5.74) is 6.39. The van der Waals surface area contributed by atoms with Crippen LogP contribution in [0.1, 0.15) is 66.2 Å². The summed E-state index contributed by atoms with van der Waals surface area (Å²) in [6.45, 7) is 11.7. The highest BCUT2D eigenvalue weighted by Crippen LogP contribution is 2.30. The molecule has 0 saturated heterocycles. The van der Waals surface area contributed by atoms with E-state index in [2.05, 4.69) is 32.6 Å². The van der Waals surface area contributed by atoms with Crippen LogP contribution >= 0.6 is 0 Å². The van der Waals surface area contributed by atoms with Crippen molar-refractivity contribution in [1.82, 2.24) is 4.90 Å². The van der Waals surface area contributed by atoms with Crippen LogP contribution in [0, 0.1) is 11.8 Å². The highest BCUT2D eigenvalue weighted by Gasteiger charge is 2.31. The summed E-state index contributed by atoms with van der Waals surface area (Å²) in [6.07, 6.45) is 7.81. The first-order valence-corrected chi connectivity index (χ1v) is 8.15. The Morgan fingerprint density at radius 2 is 1.78 bits per heavy atom. The second-order valence-electron chi connectivity index (χ2n) is 6.09. The molecule has 1 aliphatic carbocycles. The van der Waals surface area contributed by atoms with Crippen LogP contribution in [-0.2, 0) is 0 Å². The van der Waals surface area contributed by atoms with Gasteiger partial charge < -0.3 is 5.73 Å². The standard InChI is InChI=1S/C16H34N2/c1-5-13(6-2)12-18(8-4)16-11-14(7-3)9-10-15(16)17/h13-16H,5-12,17H2,1-4H3. The maximum atomic E-state index is 6.39. The van der Waals surface area contributed by atoms with Crippen LogP contribution in [0.3, 0.4) is 0 Å². The molecule has 0 radical (unpaired) electrons. The van der Waals surface area contributed by atoms with E-state index in [1.165, 1.54) is 45.1 Å². The fourth-order valence-electron chi connectivity index (χ4n) is 3.42. The predicted octanol–water partition coefficient (Wildman–Crippen LogP) is 3.65. The molecule has 1 rings (SSSR count). The van der Waals surface area contributed by atoms with Crippen LogP contribution in [-0.4, -0.2) is 30.1 Å². The Hall–Kier alpha value is -0.0800. The number of likely N-dealkylation sites (N-methyl/N-ethyl adjacent to an activating group) is 1. The minimum absolute atomic E-state index is 0.405. The normalized spacial score (nSPS) is 29.2. The van der Waals surface area contributed by atoms with Crippen LogP contribution in [0.2, 0.25) is 0 Å². The molecule has 2 heteroatoms. The molecule has 0 aliphatic heterocycles. The first kappa shape index (κ1) is 16.0. The monoisotopic (exact) mass is 254 g/mol. The zero-order chi connectivity index (χ0) is 13.5. The molecule has 108 valence electrons. The predicted molar refractivity (Wildman–Crippen MR) is 80.7 cm³/mol. The first-order chi connectivity index (χ1) is 8.65. The molecule has 1 saturated carbocycles. The van der Waals surface area contributed by atoms with E-state index in [1.807, 2.05) is 0 Å². The zero-order valence-electron chi connectivity index (χ0n) is 13.0. The van der Waals surface area contributed by atoms with Crippen molar-refractivity contribution in [2.75, 3.05) is 13.1 Å². The van der Waals surface area contributed by atoms with Crippen molar-refractivity contribution >= 4 is 0 Å². The minimum Gasteiger partial charge on any atom is -0.326 e. The van der Waals surface area contributed by atoms with Gasteiger partial charge in [-0.25, -0.2) is 0 Å². The second-order valence-corrected chi connectivity index (χ2v) is 6.09. The van der Waals surface area contributed by atoms with Gasteiger partial charge in [0.1, 0.15) is 0 Å². The van der Waals surface area contributed by atoms with Gasteiger partial charge in [0.15, 0.2) is 0 Å². The summed E-state index contributed by atoms with van der Waals surface area (Å²) in [6, 6.07) is 1.04. The van der Waals surface area contributed by atoms with Crippen molar-refractivity contribution in [1.29, 1.82) is 0 Å². The van der Waals surface area contributed by atoms with Gasteiger partial charge in [0.05, 0.1) is 0 Å². The quantitative estimate of drug-likeness (QED) is 0.751. The molecule has 2 nitrogen and oxygen atoms in total. The Morgan fingerprint density at radius 1 is 1.11 bits per heavy atom. The van der Waals surface area contributed by atoms with Gasteiger partial charge in [-0.3, -0.25) is 4.90 Å². The lowest BCUT2D eigenvalue weighted by Gasteiger charge is -2.42. The molecule has 1 aliphatic rings. The van der Waals surface area contributed by atoms with Gasteiger partial charge >= 0.3 is 0 Å². The van der Waals surface area contributed by atoms with Crippen molar-refractivity contribution in [3.63, 3.8) is 0 Å². The largest absolute Gasteiger partial charge is 0.326 e. The average Bonchev–Trinajstić information content (AvgIpc) is 2.41. The molecular formula is C16H34N2. The summed E-state index contributed by atoms with van der Waals surface area (Å²) in [7, 11) is 0. The van der Waals surface area contributed by atoms with E-state index in [9.17, 15) is 0 Å². The number of rotatable bonds is 7. The number of nitrogens with zero attached hydrogens (tertiary/aromatic N) is 1. The molecular weight excluding hydrogens is 220 g/mol. The molecule has 2 N–H and O–H groups in total. The lowest BCUT2D eigenvalue weighted by molar-refractivity contribution is 0.0971. The van der Waals surface area contributed by atoms with Gasteiger partial charge in [0.25, 0.3) is 0 Å². The van der Waals surface area contributed by atoms with E-state index in [-0.39, 0.29) is 0 Å². The van der Waals surface area contributed by atoms with Crippen LogP contribution in [0.15, 0.2) is 0 Å². The maximum Gasteiger partial charge on any atom is 0.0249 e. The summed E-state index contributed by atoms with van der Waals surface area (Å²) in [5.74, 6) is 1.75. The third-order valence-corrected chi connectivity index (χ3v) is 5.08. The lowest BCUT2D eigenvalue weighted by atomic mass is 9.80. The number of hydrogen-bond acceptors (Lipinski definition) is 2.